The van der Waals surface area contributed by atoms with E-state index in [9.17, 15) is 9.90 Å². The minimum atomic E-state index is -0.641. The first-order valence-electron chi connectivity index (χ1n) is 9.62. The molecule has 2 aliphatic heterocycles. The molecule has 1 saturated carbocycles. The van der Waals surface area contributed by atoms with Crippen LogP contribution >= 0.6 is 0 Å². The molecule has 2 saturated heterocycles. The Hall–Kier alpha value is -1.47. The summed E-state index contributed by atoms with van der Waals surface area (Å²) in [7, 11) is 0. The van der Waals surface area contributed by atoms with Gasteiger partial charge < -0.3 is 9.63 Å². The Kier molecular flexibility index (Phi) is 4.54. The lowest BCUT2D eigenvalue weighted by atomic mass is 9.81. The van der Waals surface area contributed by atoms with Crippen molar-refractivity contribution in [3.8, 4) is 0 Å². The molecule has 1 aromatic rings. The maximum absolute atomic E-state index is 12.2. The standard InChI is InChI=1S/C18H28N4O3/c1-2-15-19-16(25-20-15)10-21-8-13-9-22(14-6-4-3-5-7-14)12-18(13,11-21)17(23)24/h13-14H,2-12H2,1H3,(H,23,24)/t13-,18-/m0/s1. The van der Waals surface area contributed by atoms with Crippen LogP contribution in [0.25, 0.3) is 0 Å². The third kappa shape index (κ3) is 3.08. The largest absolute Gasteiger partial charge is 0.481 e. The van der Waals surface area contributed by atoms with Crippen molar-refractivity contribution in [2.24, 2.45) is 11.3 Å². The van der Waals surface area contributed by atoms with E-state index in [0.717, 1.165) is 19.5 Å². The van der Waals surface area contributed by atoms with Crippen LogP contribution < -0.4 is 0 Å². The van der Waals surface area contributed by atoms with Gasteiger partial charge in [-0.15, -0.1) is 0 Å². The van der Waals surface area contributed by atoms with Crippen molar-refractivity contribution < 1.29 is 14.4 Å². The predicted octanol–water partition coefficient (Wildman–Crippen LogP) is 1.78. The van der Waals surface area contributed by atoms with Crippen molar-refractivity contribution in [3.63, 3.8) is 0 Å². The Morgan fingerprint density at radius 1 is 1.28 bits per heavy atom. The Morgan fingerprint density at radius 3 is 2.72 bits per heavy atom. The van der Waals surface area contributed by atoms with Crippen LogP contribution in [-0.4, -0.2) is 63.2 Å². The second-order valence-electron chi connectivity index (χ2n) is 8.01. The van der Waals surface area contributed by atoms with Crippen LogP contribution in [0.4, 0.5) is 0 Å². The van der Waals surface area contributed by atoms with Gasteiger partial charge in [0.25, 0.3) is 0 Å². The number of hydrogen-bond acceptors (Lipinski definition) is 6. The van der Waals surface area contributed by atoms with E-state index < -0.39 is 11.4 Å². The van der Waals surface area contributed by atoms with E-state index in [1.54, 1.807) is 0 Å². The average molecular weight is 348 g/mol. The zero-order valence-electron chi connectivity index (χ0n) is 15.0. The van der Waals surface area contributed by atoms with Gasteiger partial charge in [-0.1, -0.05) is 31.3 Å². The van der Waals surface area contributed by atoms with Gasteiger partial charge in [-0.05, 0) is 12.8 Å². The van der Waals surface area contributed by atoms with E-state index in [2.05, 4.69) is 19.9 Å². The van der Waals surface area contributed by atoms with E-state index in [1.807, 2.05) is 6.92 Å². The van der Waals surface area contributed by atoms with E-state index in [1.165, 1.54) is 32.1 Å². The van der Waals surface area contributed by atoms with Crippen LogP contribution in [-0.2, 0) is 17.8 Å². The molecule has 0 bridgehead atoms. The molecule has 1 aliphatic carbocycles. The Labute approximate surface area is 148 Å². The summed E-state index contributed by atoms with van der Waals surface area (Å²) >= 11 is 0. The highest BCUT2D eigenvalue weighted by molar-refractivity contribution is 5.77. The maximum atomic E-state index is 12.2. The maximum Gasteiger partial charge on any atom is 0.312 e. The van der Waals surface area contributed by atoms with Crippen molar-refractivity contribution in [1.82, 2.24) is 19.9 Å². The average Bonchev–Trinajstić information content (AvgIpc) is 3.28. The van der Waals surface area contributed by atoms with Gasteiger partial charge in [0.2, 0.25) is 5.89 Å². The second-order valence-corrected chi connectivity index (χ2v) is 8.01. The fourth-order valence-electron chi connectivity index (χ4n) is 5.04. The number of carboxylic acid groups (broad SMARTS) is 1. The number of fused-ring (bicyclic) bond motifs is 1. The van der Waals surface area contributed by atoms with Gasteiger partial charge in [0.1, 0.15) is 0 Å². The normalized spacial score (nSPS) is 31.5. The predicted molar refractivity (Wildman–Crippen MR) is 91.0 cm³/mol. The number of likely N-dealkylation sites (tertiary alicyclic amines) is 2. The highest BCUT2D eigenvalue weighted by Crippen LogP contribution is 2.45. The highest BCUT2D eigenvalue weighted by Gasteiger charge is 2.58. The summed E-state index contributed by atoms with van der Waals surface area (Å²) in [5.41, 5.74) is -0.634. The summed E-state index contributed by atoms with van der Waals surface area (Å²) < 4.78 is 5.29. The van der Waals surface area contributed by atoms with Crippen molar-refractivity contribution >= 4 is 5.97 Å². The number of aryl methyl sites for hydroxylation is 1. The van der Waals surface area contributed by atoms with Gasteiger partial charge in [0, 0.05) is 44.6 Å². The van der Waals surface area contributed by atoms with E-state index in [4.69, 9.17) is 4.52 Å². The Bertz CT molecular complexity index is 628. The monoisotopic (exact) mass is 348 g/mol. The summed E-state index contributed by atoms with van der Waals surface area (Å²) in [4.78, 5) is 21.2. The Morgan fingerprint density at radius 2 is 2.08 bits per heavy atom. The smallest absolute Gasteiger partial charge is 0.312 e. The fraction of sp³-hybridized carbons (Fsp3) is 0.833. The molecule has 3 fully saturated rings. The molecule has 25 heavy (non-hydrogen) atoms. The number of nitrogens with zero attached hydrogens (tertiary/aromatic N) is 4. The lowest BCUT2D eigenvalue weighted by Gasteiger charge is -2.33. The van der Waals surface area contributed by atoms with E-state index >= 15 is 0 Å². The van der Waals surface area contributed by atoms with Crippen molar-refractivity contribution in [1.29, 1.82) is 0 Å². The lowest BCUT2D eigenvalue weighted by Crippen LogP contribution is -2.43. The van der Waals surface area contributed by atoms with Crippen molar-refractivity contribution in [2.75, 3.05) is 26.2 Å². The molecule has 3 heterocycles. The minimum Gasteiger partial charge on any atom is -0.481 e. The number of hydrogen-bond donors (Lipinski definition) is 1. The first-order chi connectivity index (χ1) is 12.1. The molecule has 0 amide bonds. The molecule has 0 radical (unpaired) electrons. The summed E-state index contributed by atoms with van der Waals surface area (Å²) in [5.74, 6) is 0.867. The summed E-state index contributed by atoms with van der Waals surface area (Å²) in [6, 6.07) is 0.590. The summed E-state index contributed by atoms with van der Waals surface area (Å²) in [6.07, 6.45) is 7.11. The van der Waals surface area contributed by atoms with E-state index in [0.29, 0.717) is 37.4 Å². The molecule has 4 rings (SSSR count). The molecule has 0 unspecified atom stereocenters. The summed E-state index contributed by atoms with van der Waals surface area (Å²) in [5, 5.41) is 13.9. The quantitative estimate of drug-likeness (QED) is 0.868. The Balaban J connectivity index is 1.44. The molecule has 138 valence electrons. The molecular weight excluding hydrogens is 320 g/mol. The molecule has 1 aromatic heterocycles. The number of carboxylic acids is 1. The number of carbonyl (C=O) groups is 1. The van der Waals surface area contributed by atoms with Gasteiger partial charge in [-0.3, -0.25) is 14.6 Å². The zero-order valence-corrected chi connectivity index (χ0v) is 15.0. The molecule has 0 aromatic carbocycles. The highest BCUT2D eigenvalue weighted by atomic mass is 16.5. The third-order valence-corrected chi connectivity index (χ3v) is 6.41. The minimum absolute atomic E-state index is 0.195. The van der Waals surface area contributed by atoms with Gasteiger partial charge in [0.15, 0.2) is 5.82 Å². The van der Waals surface area contributed by atoms with Crippen molar-refractivity contribution in [3.05, 3.63) is 11.7 Å². The van der Waals surface area contributed by atoms with Crippen LogP contribution in [0, 0.1) is 11.3 Å². The van der Waals surface area contributed by atoms with E-state index in [-0.39, 0.29) is 5.92 Å². The molecule has 7 heteroatoms. The topological polar surface area (TPSA) is 82.7 Å². The van der Waals surface area contributed by atoms with Crippen LogP contribution in [0.3, 0.4) is 0 Å². The molecule has 3 aliphatic rings. The summed E-state index contributed by atoms with van der Waals surface area (Å²) in [6.45, 7) is 5.55. The zero-order chi connectivity index (χ0) is 17.4. The van der Waals surface area contributed by atoms with Crippen molar-refractivity contribution in [2.45, 2.75) is 58.0 Å². The van der Waals surface area contributed by atoms with Crippen LogP contribution in [0.5, 0.6) is 0 Å². The van der Waals surface area contributed by atoms with Gasteiger partial charge in [0.05, 0.1) is 12.0 Å². The third-order valence-electron chi connectivity index (χ3n) is 6.41. The van der Waals surface area contributed by atoms with Crippen LogP contribution in [0.2, 0.25) is 0 Å². The fourth-order valence-corrected chi connectivity index (χ4v) is 5.04. The number of aromatic nitrogens is 2. The molecular formula is C18H28N4O3. The SMILES string of the molecule is CCc1noc(CN2C[C@H]3CN(C4CCCCC4)C[C@@]3(C(=O)O)C2)n1. The second kappa shape index (κ2) is 6.68. The number of rotatable bonds is 5. The first-order valence-corrected chi connectivity index (χ1v) is 9.62. The van der Waals surface area contributed by atoms with Gasteiger partial charge >= 0.3 is 5.97 Å². The van der Waals surface area contributed by atoms with Gasteiger partial charge in [-0.25, -0.2) is 0 Å². The molecule has 0 spiro atoms. The molecule has 1 N–H and O–H groups in total. The first kappa shape index (κ1) is 17.0. The van der Waals surface area contributed by atoms with Crippen LogP contribution in [0.15, 0.2) is 4.52 Å². The molecule has 7 nitrogen and oxygen atoms in total. The van der Waals surface area contributed by atoms with Gasteiger partial charge in [-0.2, -0.15) is 4.98 Å². The van der Waals surface area contributed by atoms with Crippen LogP contribution in [0.1, 0.15) is 50.7 Å². The molecule has 2 atom stereocenters. The lowest BCUT2D eigenvalue weighted by molar-refractivity contribution is -0.149. The number of aliphatic carboxylic acids is 1.